The van der Waals surface area contributed by atoms with Gasteiger partial charge >= 0.3 is 5.97 Å². The number of hydrogen-bond acceptors (Lipinski definition) is 6. The van der Waals surface area contributed by atoms with E-state index in [0.29, 0.717) is 0 Å². The lowest BCUT2D eigenvalue weighted by atomic mass is 10.0. The monoisotopic (exact) mass is 395 g/mol. The summed E-state index contributed by atoms with van der Waals surface area (Å²) in [6, 6.07) is 8.40. The van der Waals surface area contributed by atoms with Crippen LogP contribution in [-0.2, 0) is 21.4 Å². The second-order valence-electron chi connectivity index (χ2n) is 6.81. The second kappa shape index (κ2) is 7.01. The fraction of sp³-hybridized carbons (Fsp3) is 0.250. The number of fused-ring (bicyclic) bond motifs is 1. The van der Waals surface area contributed by atoms with E-state index in [1.165, 1.54) is 12.1 Å². The molecule has 29 heavy (non-hydrogen) atoms. The fourth-order valence-corrected chi connectivity index (χ4v) is 3.56. The van der Waals surface area contributed by atoms with Crippen LogP contribution >= 0.6 is 0 Å². The smallest absolute Gasteiger partial charge is 0.356 e. The van der Waals surface area contributed by atoms with Crippen molar-refractivity contribution in [3.63, 3.8) is 0 Å². The number of imide groups is 2. The molecule has 0 spiro atoms. The molecule has 0 aliphatic carbocycles. The molecule has 2 aliphatic rings. The number of esters is 1. The highest BCUT2D eigenvalue weighted by Gasteiger charge is 2.47. The van der Waals surface area contributed by atoms with Gasteiger partial charge in [0.05, 0.1) is 11.1 Å². The Labute approximate surface area is 165 Å². The highest BCUT2D eigenvalue weighted by Crippen LogP contribution is 2.29. The molecule has 4 rings (SSSR count). The summed E-state index contributed by atoms with van der Waals surface area (Å²) in [7, 11) is 1.66. The number of carbonyl (C=O) groups is 5. The van der Waals surface area contributed by atoms with Gasteiger partial charge in [0.25, 0.3) is 17.7 Å². The standard InChI is InChI=1S/C20H17N3O6/c1-21-10-4-7-15(21)20(28)29-11-22-16(24)9-8-14(19(22)27)23-17(25)12-5-2-3-6-13(12)18(23)26/h2-7,10,14H,8-9,11H2,1H3. The number of rotatable bonds is 4. The maximum atomic E-state index is 12.9. The molecule has 9 nitrogen and oxygen atoms in total. The van der Waals surface area contributed by atoms with Crippen molar-refractivity contribution >= 4 is 29.6 Å². The van der Waals surface area contributed by atoms with Crippen molar-refractivity contribution in [3.8, 4) is 0 Å². The Balaban J connectivity index is 1.51. The highest BCUT2D eigenvalue weighted by atomic mass is 16.5. The van der Waals surface area contributed by atoms with Crippen molar-refractivity contribution in [3.05, 3.63) is 59.4 Å². The van der Waals surface area contributed by atoms with Gasteiger partial charge in [-0.15, -0.1) is 0 Å². The first-order valence-electron chi connectivity index (χ1n) is 8.99. The lowest BCUT2D eigenvalue weighted by Crippen LogP contribution is -2.56. The number of aryl methyl sites for hydroxylation is 1. The van der Waals surface area contributed by atoms with Crippen molar-refractivity contribution in [2.45, 2.75) is 18.9 Å². The molecule has 1 atom stereocenters. The van der Waals surface area contributed by atoms with Gasteiger partial charge in [-0.1, -0.05) is 12.1 Å². The minimum absolute atomic E-state index is 0.0331. The summed E-state index contributed by atoms with van der Waals surface area (Å²) in [4.78, 5) is 64.3. The van der Waals surface area contributed by atoms with Gasteiger partial charge in [-0.25, -0.2) is 9.69 Å². The number of nitrogens with zero attached hydrogens (tertiary/aromatic N) is 3. The topological polar surface area (TPSA) is 106 Å². The van der Waals surface area contributed by atoms with Gasteiger partial charge in [-0.3, -0.25) is 24.1 Å². The molecule has 3 heterocycles. The molecule has 0 radical (unpaired) electrons. The van der Waals surface area contributed by atoms with Crippen LogP contribution in [0.15, 0.2) is 42.6 Å². The van der Waals surface area contributed by atoms with Crippen LogP contribution < -0.4 is 0 Å². The SMILES string of the molecule is Cn1cccc1C(=O)OCN1C(=O)CCC(N2C(=O)c3ccccc3C2=O)C1=O. The van der Waals surface area contributed by atoms with E-state index in [1.807, 2.05) is 0 Å². The second-order valence-corrected chi connectivity index (χ2v) is 6.81. The molecule has 0 saturated carbocycles. The molecule has 1 fully saturated rings. The summed E-state index contributed by atoms with van der Waals surface area (Å²) in [6.07, 6.45) is 1.64. The van der Waals surface area contributed by atoms with Crippen LogP contribution in [0.5, 0.6) is 0 Å². The van der Waals surface area contributed by atoms with E-state index >= 15 is 0 Å². The summed E-state index contributed by atoms with van der Waals surface area (Å²) in [6.45, 7) is -0.582. The van der Waals surface area contributed by atoms with Gasteiger partial charge in [0.2, 0.25) is 5.91 Å². The Kier molecular flexibility index (Phi) is 4.50. The normalized spacial score (nSPS) is 19.0. The number of carbonyl (C=O) groups excluding carboxylic acids is 5. The Morgan fingerprint density at radius 3 is 2.28 bits per heavy atom. The van der Waals surface area contributed by atoms with Gasteiger partial charge in [0.15, 0.2) is 6.73 Å². The van der Waals surface area contributed by atoms with Gasteiger partial charge in [0.1, 0.15) is 11.7 Å². The Hall–Kier alpha value is -3.75. The van der Waals surface area contributed by atoms with E-state index in [-0.39, 0.29) is 29.7 Å². The minimum atomic E-state index is -1.12. The summed E-state index contributed by atoms with van der Waals surface area (Å²) in [5, 5.41) is 0. The van der Waals surface area contributed by atoms with Crippen molar-refractivity contribution < 1.29 is 28.7 Å². The summed E-state index contributed by atoms with van der Waals surface area (Å²) in [5.74, 6) is -3.10. The van der Waals surface area contributed by atoms with Crippen LogP contribution in [0.3, 0.4) is 0 Å². The number of amides is 4. The van der Waals surface area contributed by atoms with Crippen LogP contribution in [0.2, 0.25) is 0 Å². The maximum absolute atomic E-state index is 12.9. The molecular weight excluding hydrogens is 378 g/mol. The van der Waals surface area contributed by atoms with Gasteiger partial charge in [-0.2, -0.15) is 0 Å². The molecule has 0 N–H and O–H groups in total. The predicted molar refractivity (Wildman–Crippen MR) is 97.5 cm³/mol. The van der Waals surface area contributed by atoms with Gasteiger partial charge in [0, 0.05) is 19.7 Å². The van der Waals surface area contributed by atoms with E-state index < -0.39 is 42.4 Å². The first-order valence-corrected chi connectivity index (χ1v) is 8.99. The molecule has 9 heteroatoms. The van der Waals surface area contributed by atoms with Gasteiger partial charge < -0.3 is 9.30 Å². The lowest BCUT2D eigenvalue weighted by Gasteiger charge is -2.33. The number of piperidine rings is 1. The molecular formula is C20H17N3O6. The number of likely N-dealkylation sites (tertiary alicyclic amines) is 1. The molecule has 1 aromatic heterocycles. The molecule has 0 bridgehead atoms. The molecule has 1 aromatic carbocycles. The zero-order chi connectivity index (χ0) is 20.7. The largest absolute Gasteiger partial charge is 0.439 e. The third-order valence-electron chi connectivity index (χ3n) is 5.10. The van der Waals surface area contributed by atoms with Crippen LogP contribution in [0, 0.1) is 0 Å². The maximum Gasteiger partial charge on any atom is 0.356 e. The average Bonchev–Trinajstić information content (AvgIpc) is 3.24. The summed E-state index contributed by atoms with van der Waals surface area (Å²) >= 11 is 0. The molecule has 2 aromatic rings. The quantitative estimate of drug-likeness (QED) is 0.564. The Morgan fingerprint density at radius 1 is 1.03 bits per heavy atom. The molecule has 1 unspecified atom stereocenters. The minimum Gasteiger partial charge on any atom is -0.439 e. The third kappa shape index (κ3) is 3.00. The number of ether oxygens (including phenoxy) is 1. The van der Waals surface area contributed by atoms with Crippen molar-refractivity contribution in [1.29, 1.82) is 0 Å². The lowest BCUT2D eigenvalue weighted by molar-refractivity contribution is -0.156. The van der Waals surface area contributed by atoms with Crippen LogP contribution in [0.25, 0.3) is 0 Å². The zero-order valence-corrected chi connectivity index (χ0v) is 15.5. The zero-order valence-electron chi connectivity index (χ0n) is 15.5. The summed E-state index contributed by atoms with van der Waals surface area (Å²) in [5.41, 5.74) is 0.714. The fourth-order valence-electron chi connectivity index (χ4n) is 3.56. The highest BCUT2D eigenvalue weighted by molar-refractivity contribution is 6.23. The van der Waals surface area contributed by atoms with Crippen LogP contribution in [-0.4, -0.2) is 56.7 Å². The molecule has 148 valence electrons. The molecule has 1 saturated heterocycles. The van der Waals surface area contributed by atoms with E-state index in [1.54, 1.807) is 42.1 Å². The average molecular weight is 395 g/mol. The van der Waals surface area contributed by atoms with E-state index in [2.05, 4.69) is 0 Å². The first kappa shape index (κ1) is 18.6. The Morgan fingerprint density at radius 2 is 1.69 bits per heavy atom. The number of aromatic nitrogens is 1. The van der Waals surface area contributed by atoms with Crippen molar-refractivity contribution in [2.75, 3.05) is 6.73 Å². The van der Waals surface area contributed by atoms with E-state index in [0.717, 1.165) is 9.80 Å². The first-order chi connectivity index (χ1) is 13.9. The van der Waals surface area contributed by atoms with E-state index in [9.17, 15) is 24.0 Å². The van der Waals surface area contributed by atoms with Gasteiger partial charge in [-0.05, 0) is 30.7 Å². The number of benzene rings is 1. The third-order valence-corrected chi connectivity index (χ3v) is 5.10. The molecule has 4 amide bonds. The van der Waals surface area contributed by atoms with E-state index in [4.69, 9.17) is 4.74 Å². The Bertz CT molecular complexity index is 1020. The summed E-state index contributed by atoms with van der Waals surface area (Å²) < 4.78 is 6.66. The molecule has 2 aliphatic heterocycles. The predicted octanol–water partition coefficient (Wildman–Crippen LogP) is 0.953. The van der Waals surface area contributed by atoms with Crippen molar-refractivity contribution in [1.82, 2.24) is 14.4 Å². The van der Waals surface area contributed by atoms with Crippen LogP contribution in [0.1, 0.15) is 44.0 Å². The van der Waals surface area contributed by atoms with Crippen molar-refractivity contribution in [2.24, 2.45) is 7.05 Å². The van der Waals surface area contributed by atoms with Crippen LogP contribution in [0.4, 0.5) is 0 Å². The number of hydrogen-bond donors (Lipinski definition) is 0.